The lowest BCUT2D eigenvalue weighted by Crippen LogP contribution is -2.22. The Morgan fingerprint density at radius 3 is 1.73 bits per heavy atom. The minimum Gasteiger partial charge on any atom is -0.0856 e. The third-order valence-electron chi connectivity index (χ3n) is 5.47. The normalized spacial score (nSPS) is 15.7. The molecule has 0 unspecified atom stereocenters. The molecule has 0 saturated carbocycles. The molecule has 0 bridgehead atoms. The van der Waals surface area contributed by atoms with Crippen LogP contribution in [0.1, 0.15) is 22.3 Å². The first kappa shape index (κ1) is 15.8. The van der Waals surface area contributed by atoms with E-state index in [-0.39, 0.29) is 5.41 Å². The van der Waals surface area contributed by atoms with Gasteiger partial charge in [0.2, 0.25) is 0 Å². The highest BCUT2D eigenvalue weighted by atomic mass is 127. The summed E-state index contributed by atoms with van der Waals surface area (Å²) in [7, 11) is 0. The third kappa shape index (κ3) is 2.07. The summed E-state index contributed by atoms with van der Waals surface area (Å²) in [5.74, 6) is 0. The van der Waals surface area contributed by atoms with E-state index in [1.165, 1.54) is 39.0 Å². The van der Waals surface area contributed by atoms with E-state index in [0.717, 1.165) is 3.58 Å². The SMILES string of the molecule is C=C(I)/C=C\C1=CC2(c3ccccc31)c1ccccc1-c1ccccc12. The van der Waals surface area contributed by atoms with Crippen molar-refractivity contribution in [2.24, 2.45) is 0 Å². The summed E-state index contributed by atoms with van der Waals surface area (Å²) < 4.78 is 1.04. The van der Waals surface area contributed by atoms with Crippen LogP contribution in [0.25, 0.3) is 16.7 Å². The van der Waals surface area contributed by atoms with Gasteiger partial charge in [-0.3, -0.25) is 0 Å². The van der Waals surface area contributed by atoms with Crippen LogP contribution in [0.3, 0.4) is 0 Å². The summed E-state index contributed by atoms with van der Waals surface area (Å²) in [5.41, 5.74) is 9.20. The number of fused-ring (bicyclic) bond motifs is 7. The first-order valence-corrected chi connectivity index (χ1v) is 9.84. The molecule has 0 amide bonds. The molecular formula is C25H17I. The molecule has 3 aromatic rings. The number of hydrogen-bond donors (Lipinski definition) is 0. The molecule has 1 spiro atoms. The summed E-state index contributed by atoms with van der Waals surface area (Å²) in [6.07, 6.45) is 6.74. The molecule has 0 saturated heterocycles. The van der Waals surface area contributed by atoms with Crippen LogP contribution in [0.15, 0.2) is 101 Å². The van der Waals surface area contributed by atoms with Gasteiger partial charge >= 0.3 is 0 Å². The Kier molecular flexibility index (Phi) is 3.54. The van der Waals surface area contributed by atoms with Gasteiger partial charge in [-0.05, 0) is 67.6 Å². The highest BCUT2D eigenvalue weighted by Crippen LogP contribution is 2.58. The molecule has 0 heterocycles. The Hall–Kier alpha value is -2.39. The van der Waals surface area contributed by atoms with Crippen LogP contribution in [0.5, 0.6) is 0 Å². The molecule has 2 aliphatic carbocycles. The van der Waals surface area contributed by atoms with Crippen molar-refractivity contribution in [1.29, 1.82) is 0 Å². The van der Waals surface area contributed by atoms with Gasteiger partial charge in [-0.15, -0.1) is 0 Å². The molecule has 124 valence electrons. The molecule has 3 aromatic carbocycles. The molecule has 0 nitrogen and oxygen atoms in total. The molecule has 0 aromatic heterocycles. The second-order valence-electron chi connectivity index (χ2n) is 6.82. The summed E-state index contributed by atoms with van der Waals surface area (Å²) in [4.78, 5) is 0. The summed E-state index contributed by atoms with van der Waals surface area (Å²) >= 11 is 2.26. The van der Waals surface area contributed by atoms with Gasteiger partial charge in [-0.2, -0.15) is 0 Å². The smallest absolute Gasteiger partial charge is 0.0659 e. The molecule has 0 aliphatic heterocycles. The van der Waals surface area contributed by atoms with Crippen molar-refractivity contribution in [2.45, 2.75) is 5.41 Å². The lowest BCUT2D eigenvalue weighted by molar-refractivity contribution is 0.821. The van der Waals surface area contributed by atoms with Crippen LogP contribution < -0.4 is 0 Å². The largest absolute Gasteiger partial charge is 0.0856 e. The van der Waals surface area contributed by atoms with Crippen molar-refractivity contribution < 1.29 is 0 Å². The highest BCUT2D eigenvalue weighted by molar-refractivity contribution is 14.1. The minimum atomic E-state index is -0.198. The Bertz CT molecular complexity index is 1070. The molecule has 1 heteroatoms. The fourth-order valence-corrected chi connectivity index (χ4v) is 4.68. The average molecular weight is 444 g/mol. The number of hydrogen-bond acceptors (Lipinski definition) is 0. The zero-order chi connectivity index (χ0) is 17.7. The zero-order valence-electron chi connectivity index (χ0n) is 14.2. The van der Waals surface area contributed by atoms with E-state index in [0.29, 0.717) is 0 Å². The maximum atomic E-state index is 4.01. The number of benzene rings is 3. The predicted molar refractivity (Wildman–Crippen MR) is 118 cm³/mol. The van der Waals surface area contributed by atoms with Gasteiger partial charge in [0.25, 0.3) is 0 Å². The molecule has 26 heavy (non-hydrogen) atoms. The standard InChI is InChI=1S/C25H17I/c1-17(26)14-15-18-16-25(22-11-5-2-8-19(18)22)23-12-6-3-9-20(23)21-10-4-7-13-24(21)25/h2-16H,1H2/b15-14-. The van der Waals surface area contributed by atoms with Gasteiger partial charge in [-0.25, -0.2) is 0 Å². The van der Waals surface area contributed by atoms with Crippen molar-refractivity contribution in [1.82, 2.24) is 0 Å². The Morgan fingerprint density at radius 1 is 0.731 bits per heavy atom. The lowest BCUT2D eigenvalue weighted by Gasteiger charge is -2.27. The second kappa shape index (κ2) is 5.82. The minimum absolute atomic E-state index is 0.198. The molecule has 0 atom stereocenters. The number of rotatable bonds is 2. The summed E-state index contributed by atoms with van der Waals surface area (Å²) in [5, 5.41) is 0. The molecular weight excluding hydrogens is 427 g/mol. The predicted octanol–water partition coefficient (Wildman–Crippen LogP) is 6.90. The zero-order valence-corrected chi connectivity index (χ0v) is 16.4. The van der Waals surface area contributed by atoms with Gasteiger partial charge in [0.05, 0.1) is 5.41 Å². The molecule has 0 N–H and O–H groups in total. The monoisotopic (exact) mass is 444 g/mol. The Labute approximate surface area is 167 Å². The fraction of sp³-hybridized carbons (Fsp3) is 0.0400. The van der Waals surface area contributed by atoms with Gasteiger partial charge in [0.15, 0.2) is 0 Å². The molecule has 5 rings (SSSR count). The summed E-state index contributed by atoms with van der Waals surface area (Å²) in [6, 6.07) is 26.5. The van der Waals surface area contributed by atoms with Crippen LogP contribution in [0.2, 0.25) is 0 Å². The van der Waals surface area contributed by atoms with Crippen molar-refractivity contribution >= 4 is 28.2 Å². The van der Waals surface area contributed by atoms with E-state index < -0.39 is 0 Å². The number of allylic oxidation sites excluding steroid dienone is 5. The first-order valence-electron chi connectivity index (χ1n) is 8.76. The van der Waals surface area contributed by atoms with Crippen LogP contribution in [-0.2, 0) is 5.41 Å². The Balaban J connectivity index is 1.88. The van der Waals surface area contributed by atoms with E-state index in [9.17, 15) is 0 Å². The van der Waals surface area contributed by atoms with Crippen molar-refractivity contribution in [3.05, 3.63) is 123 Å². The molecule has 0 radical (unpaired) electrons. The summed E-state index contributed by atoms with van der Waals surface area (Å²) in [6.45, 7) is 4.01. The van der Waals surface area contributed by atoms with E-state index in [1.807, 2.05) is 0 Å². The van der Waals surface area contributed by atoms with Gasteiger partial charge in [0.1, 0.15) is 0 Å². The van der Waals surface area contributed by atoms with Crippen molar-refractivity contribution in [3.8, 4) is 11.1 Å². The second-order valence-corrected chi connectivity index (χ2v) is 8.21. The van der Waals surface area contributed by atoms with Crippen molar-refractivity contribution in [2.75, 3.05) is 0 Å². The average Bonchev–Trinajstić information content (AvgIpc) is 3.16. The van der Waals surface area contributed by atoms with E-state index >= 15 is 0 Å². The topological polar surface area (TPSA) is 0 Å². The maximum absolute atomic E-state index is 4.01. The van der Waals surface area contributed by atoms with Crippen LogP contribution in [0.4, 0.5) is 0 Å². The fourth-order valence-electron chi connectivity index (χ4n) is 4.50. The lowest BCUT2D eigenvalue weighted by atomic mass is 9.74. The molecule has 0 fully saturated rings. The van der Waals surface area contributed by atoms with E-state index in [1.54, 1.807) is 0 Å². The van der Waals surface area contributed by atoms with E-state index in [2.05, 4.69) is 120 Å². The Morgan fingerprint density at radius 2 is 1.19 bits per heavy atom. The molecule has 2 aliphatic rings. The van der Waals surface area contributed by atoms with Crippen LogP contribution in [-0.4, -0.2) is 0 Å². The van der Waals surface area contributed by atoms with Crippen molar-refractivity contribution in [3.63, 3.8) is 0 Å². The van der Waals surface area contributed by atoms with Crippen LogP contribution in [0, 0.1) is 0 Å². The van der Waals surface area contributed by atoms with Gasteiger partial charge in [0, 0.05) is 3.58 Å². The highest BCUT2D eigenvalue weighted by Gasteiger charge is 2.46. The van der Waals surface area contributed by atoms with Gasteiger partial charge < -0.3 is 0 Å². The van der Waals surface area contributed by atoms with E-state index in [4.69, 9.17) is 0 Å². The number of halogens is 1. The maximum Gasteiger partial charge on any atom is 0.0659 e. The van der Waals surface area contributed by atoms with Crippen LogP contribution >= 0.6 is 22.6 Å². The van der Waals surface area contributed by atoms with Gasteiger partial charge in [-0.1, -0.05) is 91.5 Å². The third-order valence-corrected chi connectivity index (χ3v) is 5.83. The first-order chi connectivity index (χ1) is 12.7. The quantitative estimate of drug-likeness (QED) is 0.298.